The van der Waals surface area contributed by atoms with E-state index in [1.165, 1.54) is 0 Å². The molecule has 1 heterocycles. The Labute approximate surface area is 100 Å². The molecule has 1 N–H and O–H groups in total. The van der Waals surface area contributed by atoms with Crippen molar-refractivity contribution in [1.82, 2.24) is 15.1 Å². The first-order chi connectivity index (χ1) is 7.67. The predicted octanol–water partition coefficient (Wildman–Crippen LogP) is 1.70. The Bertz CT molecular complexity index is 354. The molecule has 0 spiro atoms. The van der Waals surface area contributed by atoms with Gasteiger partial charge in [-0.25, -0.2) is 0 Å². The zero-order valence-corrected chi connectivity index (χ0v) is 10.7. The molecule has 0 saturated carbocycles. The number of anilines is 1. The number of nitrogens with zero attached hydrogens (tertiary/aromatic N) is 4. The van der Waals surface area contributed by atoms with Crippen LogP contribution in [0, 0.1) is 11.3 Å². The highest BCUT2D eigenvalue weighted by atomic mass is 32.1. The van der Waals surface area contributed by atoms with Gasteiger partial charge >= 0.3 is 0 Å². The van der Waals surface area contributed by atoms with Crippen molar-refractivity contribution in [2.75, 3.05) is 18.9 Å². The minimum Gasteiger partial charge on any atom is -0.363 e. The van der Waals surface area contributed by atoms with Crippen LogP contribution in [0.4, 0.5) is 5.13 Å². The van der Waals surface area contributed by atoms with Crippen molar-refractivity contribution in [1.29, 1.82) is 5.26 Å². The van der Waals surface area contributed by atoms with Crippen molar-refractivity contribution in [2.45, 2.75) is 32.9 Å². The van der Waals surface area contributed by atoms with Gasteiger partial charge in [0.1, 0.15) is 5.01 Å². The highest BCUT2D eigenvalue weighted by Gasteiger charge is 2.12. The van der Waals surface area contributed by atoms with E-state index >= 15 is 0 Å². The summed E-state index contributed by atoms with van der Waals surface area (Å²) in [6.45, 7) is 5.79. The monoisotopic (exact) mass is 239 g/mol. The third kappa shape index (κ3) is 3.76. The Hall–Kier alpha value is -1.19. The lowest BCUT2D eigenvalue weighted by Crippen LogP contribution is -2.31. The van der Waals surface area contributed by atoms with Gasteiger partial charge < -0.3 is 5.32 Å². The van der Waals surface area contributed by atoms with E-state index in [4.69, 9.17) is 5.26 Å². The van der Waals surface area contributed by atoms with E-state index in [0.717, 1.165) is 23.2 Å². The van der Waals surface area contributed by atoms with Crippen molar-refractivity contribution >= 4 is 16.5 Å². The molecule has 0 amide bonds. The van der Waals surface area contributed by atoms with Crippen LogP contribution < -0.4 is 5.32 Å². The Morgan fingerprint density at radius 1 is 1.50 bits per heavy atom. The maximum Gasteiger partial charge on any atom is 0.205 e. The maximum atomic E-state index is 8.59. The molecule has 0 radical (unpaired) electrons. The highest BCUT2D eigenvalue weighted by Crippen LogP contribution is 2.17. The summed E-state index contributed by atoms with van der Waals surface area (Å²) in [7, 11) is 1.83. The molecule has 0 unspecified atom stereocenters. The van der Waals surface area contributed by atoms with Crippen LogP contribution in [0.15, 0.2) is 0 Å². The van der Waals surface area contributed by atoms with Gasteiger partial charge in [-0.1, -0.05) is 11.3 Å². The normalized spacial score (nSPS) is 10.8. The molecule has 1 rings (SSSR count). The Kier molecular flexibility index (Phi) is 5.15. The van der Waals surface area contributed by atoms with Crippen LogP contribution in [0.1, 0.15) is 25.3 Å². The quantitative estimate of drug-likeness (QED) is 0.818. The first-order valence-corrected chi connectivity index (χ1v) is 6.10. The molecule has 1 aromatic heterocycles. The van der Waals surface area contributed by atoms with Gasteiger partial charge in [-0.3, -0.25) is 4.90 Å². The maximum absolute atomic E-state index is 8.59. The lowest BCUT2D eigenvalue weighted by molar-refractivity contribution is 0.217. The fourth-order valence-corrected chi connectivity index (χ4v) is 2.02. The average molecular weight is 239 g/mol. The molecule has 0 fully saturated rings. The summed E-state index contributed by atoms with van der Waals surface area (Å²) in [6, 6.07) is 2.58. The average Bonchev–Trinajstić information content (AvgIpc) is 2.71. The smallest absolute Gasteiger partial charge is 0.205 e. The largest absolute Gasteiger partial charge is 0.363 e. The first-order valence-electron chi connectivity index (χ1n) is 5.28. The fraction of sp³-hybridized carbons (Fsp3) is 0.700. The van der Waals surface area contributed by atoms with Crippen LogP contribution in [0.3, 0.4) is 0 Å². The van der Waals surface area contributed by atoms with E-state index in [0.29, 0.717) is 12.5 Å². The van der Waals surface area contributed by atoms with Crippen molar-refractivity contribution in [3.05, 3.63) is 5.01 Å². The molecule has 0 bridgehead atoms. The molecule has 0 aliphatic heterocycles. The standard InChI is InChI=1S/C10H17N5S/c1-8(2)15(6-4-5-11)7-9-13-14-10(12-3)16-9/h8H,4,6-7H2,1-3H3,(H,12,14). The van der Waals surface area contributed by atoms with Crippen LogP contribution >= 0.6 is 11.3 Å². The van der Waals surface area contributed by atoms with Crippen molar-refractivity contribution in [3.8, 4) is 6.07 Å². The lowest BCUT2D eigenvalue weighted by Gasteiger charge is -2.23. The summed E-state index contributed by atoms with van der Waals surface area (Å²) >= 11 is 1.55. The zero-order valence-electron chi connectivity index (χ0n) is 9.90. The van der Waals surface area contributed by atoms with E-state index in [9.17, 15) is 0 Å². The fourth-order valence-electron chi connectivity index (χ4n) is 1.31. The second kappa shape index (κ2) is 6.40. The molecule has 6 heteroatoms. The number of hydrogen-bond acceptors (Lipinski definition) is 6. The van der Waals surface area contributed by atoms with E-state index in [1.54, 1.807) is 11.3 Å². The van der Waals surface area contributed by atoms with Gasteiger partial charge in [0.25, 0.3) is 0 Å². The molecule has 0 atom stereocenters. The molecule has 5 nitrogen and oxygen atoms in total. The lowest BCUT2D eigenvalue weighted by atomic mass is 10.3. The van der Waals surface area contributed by atoms with E-state index in [2.05, 4.69) is 40.3 Å². The van der Waals surface area contributed by atoms with Crippen molar-refractivity contribution < 1.29 is 0 Å². The number of nitriles is 1. The molecule has 0 aliphatic rings. The molecule has 0 aromatic carbocycles. The van der Waals surface area contributed by atoms with Crippen LogP contribution in [-0.4, -0.2) is 34.7 Å². The second-order valence-electron chi connectivity index (χ2n) is 3.72. The Balaban J connectivity index is 2.57. The van der Waals surface area contributed by atoms with Gasteiger partial charge in [0, 0.05) is 26.1 Å². The third-order valence-corrected chi connectivity index (χ3v) is 3.19. The van der Waals surface area contributed by atoms with Gasteiger partial charge in [-0.2, -0.15) is 5.26 Å². The number of aromatic nitrogens is 2. The van der Waals surface area contributed by atoms with E-state index < -0.39 is 0 Å². The summed E-state index contributed by atoms with van der Waals surface area (Å²) in [5.41, 5.74) is 0. The van der Waals surface area contributed by atoms with Gasteiger partial charge in [0.2, 0.25) is 5.13 Å². The summed E-state index contributed by atoms with van der Waals surface area (Å²) < 4.78 is 0. The molecular weight excluding hydrogens is 222 g/mol. The van der Waals surface area contributed by atoms with E-state index in [-0.39, 0.29) is 0 Å². The van der Waals surface area contributed by atoms with Crippen molar-refractivity contribution in [2.24, 2.45) is 0 Å². The topological polar surface area (TPSA) is 64.8 Å². The summed E-state index contributed by atoms with van der Waals surface area (Å²) in [5, 5.41) is 21.5. The first kappa shape index (κ1) is 12.9. The van der Waals surface area contributed by atoms with Crippen LogP contribution in [-0.2, 0) is 6.54 Å². The Morgan fingerprint density at radius 3 is 2.75 bits per heavy atom. The number of hydrogen-bond donors (Lipinski definition) is 1. The predicted molar refractivity (Wildman–Crippen MR) is 65.2 cm³/mol. The summed E-state index contributed by atoms with van der Waals surface area (Å²) in [4.78, 5) is 2.23. The molecule has 1 aromatic rings. The van der Waals surface area contributed by atoms with Crippen LogP contribution in [0.2, 0.25) is 0 Å². The molecule has 16 heavy (non-hydrogen) atoms. The van der Waals surface area contributed by atoms with Crippen LogP contribution in [0.25, 0.3) is 0 Å². The third-order valence-electron chi connectivity index (χ3n) is 2.26. The van der Waals surface area contributed by atoms with Gasteiger partial charge in [-0.05, 0) is 13.8 Å². The molecule has 0 saturated heterocycles. The minimum absolute atomic E-state index is 0.412. The van der Waals surface area contributed by atoms with Crippen molar-refractivity contribution in [3.63, 3.8) is 0 Å². The Morgan fingerprint density at radius 2 is 2.25 bits per heavy atom. The van der Waals surface area contributed by atoms with Gasteiger partial charge in [0.05, 0.1) is 12.6 Å². The molecule has 88 valence electrons. The molecule has 0 aliphatic carbocycles. The SMILES string of the molecule is CNc1nnc(CN(CCC#N)C(C)C)s1. The number of rotatable bonds is 6. The van der Waals surface area contributed by atoms with Gasteiger partial charge in [0.15, 0.2) is 0 Å². The number of nitrogens with one attached hydrogen (secondary N) is 1. The zero-order chi connectivity index (χ0) is 12.0. The molecular formula is C10H17N5S. The van der Waals surface area contributed by atoms with E-state index in [1.807, 2.05) is 7.05 Å². The van der Waals surface area contributed by atoms with Crippen LogP contribution in [0.5, 0.6) is 0 Å². The highest BCUT2D eigenvalue weighted by molar-refractivity contribution is 7.15. The second-order valence-corrected chi connectivity index (χ2v) is 4.79. The summed E-state index contributed by atoms with van der Waals surface area (Å²) in [6.07, 6.45) is 0.551. The summed E-state index contributed by atoms with van der Waals surface area (Å²) in [5.74, 6) is 0. The van der Waals surface area contributed by atoms with Gasteiger partial charge in [-0.15, -0.1) is 10.2 Å². The minimum atomic E-state index is 0.412.